The zero-order valence-electron chi connectivity index (χ0n) is 10.2. The lowest BCUT2D eigenvalue weighted by molar-refractivity contribution is 0.0257. The second kappa shape index (κ2) is 3.90. The second-order valence-corrected chi connectivity index (χ2v) is 4.87. The Morgan fingerprint density at radius 3 is 2.89 bits per heavy atom. The van der Waals surface area contributed by atoms with E-state index in [2.05, 4.69) is 4.98 Å². The molecule has 94 valence electrons. The van der Waals surface area contributed by atoms with Gasteiger partial charge in [-0.25, -0.2) is 13.8 Å². The Bertz CT molecular complexity index is 595. The number of pyridine rings is 1. The Morgan fingerprint density at radius 1 is 1.33 bits per heavy atom. The van der Waals surface area contributed by atoms with Crippen molar-refractivity contribution in [2.75, 3.05) is 18.0 Å². The van der Waals surface area contributed by atoms with Crippen molar-refractivity contribution in [3.8, 4) is 0 Å². The van der Waals surface area contributed by atoms with E-state index in [0.717, 1.165) is 16.3 Å². The highest BCUT2D eigenvalue weighted by Gasteiger charge is 2.38. The maximum absolute atomic E-state index is 13.2. The molecular formula is C14H14F2N2. The first-order valence-electron chi connectivity index (χ1n) is 6.03. The van der Waals surface area contributed by atoms with Crippen molar-refractivity contribution in [2.45, 2.75) is 19.3 Å². The topological polar surface area (TPSA) is 16.1 Å². The van der Waals surface area contributed by atoms with E-state index in [1.165, 1.54) is 0 Å². The summed E-state index contributed by atoms with van der Waals surface area (Å²) in [5.41, 5.74) is 1.15. The molecule has 1 aliphatic heterocycles. The van der Waals surface area contributed by atoms with E-state index < -0.39 is 5.92 Å². The van der Waals surface area contributed by atoms with Crippen LogP contribution in [-0.2, 0) is 0 Å². The molecule has 1 saturated heterocycles. The Labute approximate surface area is 104 Å². The van der Waals surface area contributed by atoms with E-state index in [9.17, 15) is 8.78 Å². The molecule has 3 rings (SSSR count). The number of anilines is 1. The lowest BCUT2D eigenvalue weighted by Gasteiger charge is -2.17. The van der Waals surface area contributed by atoms with Gasteiger partial charge < -0.3 is 4.90 Å². The van der Waals surface area contributed by atoms with Crippen LogP contribution >= 0.6 is 0 Å². The maximum atomic E-state index is 13.2. The fourth-order valence-electron chi connectivity index (χ4n) is 2.42. The van der Waals surface area contributed by atoms with Gasteiger partial charge in [0, 0.05) is 24.5 Å². The summed E-state index contributed by atoms with van der Waals surface area (Å²) in [6.07, 6.45) is 1.69. The van der Waals surface area contributed by atoms with Gasteiger partial charge in [0.25, 0.3) is 5.92 Å². The van der Waals surface area contributed by atoms with E-state index in [0.29, 0.717) is 12.4 Å². The number of fused-ring (bicyclic) bond motifs is 1. The molecule has 2 heterocycles. The van der Waals surface area contributed by atoms with Gasteiger partial charge in [-0.2, -0.15) is 0 Å². The van der Waals surface area contributed by atoms with Crippen LogP contribution in [0.1, 0.15) is 12.0 Å². The number of aromatic nitrogens is 1. The average Bonchev–Trinajstić information content (AvgIpc) is 2.70. The SMILES string of the molecule is Cc1cccc2cc(N3CCC(F)(F)C3)ncc12. The fourth-order valence-corrected chi connectivity index (χ4v) is 2.42. The quantitative estimate of drug-likeness (QED) is 0.769. The summed E-state index contributed by atoms with van der Waals surface area (Å²) in [4.78, 5) is 5.96. The van der Waals surface area contributed by atoms with Crippen molar-refractivity contribution in [1.82, 2.24) is 4.98 Å². The second-order valence-electron chi connectivity index (χ2n) is 4.87. The third-order valence-electron chi connectivity index (χ3n) is 3.46. The zero-order chi connectivity index (χ0) is 12.8. The third-order valence-corrected chi connectivity index (χ3v) is 3.46. The summed E-state index contributed by atoms with van der Waals surface area (Å²) in [6, 6.07) is 7.87. The van der Waals surface area contributed by atoms with Crippen LogP contribution in [0.15, 0.2) is 30.5 Å². The van der Waals surface area contributed by atoms with E-state index in [1.807, 2.05) is 31.2 Å². The number of halogens is 2. The van der Waals surface area contributed by atoms with Crippen molar-refractivity contribution in [2.24, 2.45) is 0 Å². The molecule has 0 aliphatic carbocycles. The van der Waals surface area contributed by atoms with Gasteiger partial charge in [-0.1, -0.05) is 18.2 Å². The molecule has 1 aliphatic rings. The standard InChI is InChI=1S/C14H14F2N2/c1-10-3-2-4-11-7-13(17-8-12(10)11)18-6-5-14(15,16)9-18/h2-4,7-8H,5-6,9H2,1H3. The van der Waals surface area contributed by atoms with Gasteiger partial charge in [0.05, 0.1) is 6.54 Å². The summed E-state index contributed by atoms with van der Waals surface area (Å²) in [7, 11) is 0. The van der Waals surface area contributed by atoms with Crippen LogP contribution in [0.5, 0.6) is 0 Å². The summed E-state index contributed by atoms with van der Waals surface area (Å²) in [5, 5.41) is 2.13. The maximum Gasteiger partial charge on any atom is 0.266 e. The molecule has 0 atom stereocenters. The van der Waals surface area contributed by atoms with Gasteiger partial charge in [0.2, 0.25) is 0 Å². The number of hydrogen-bond donors (Lipinski definition) is 0. The summed E-state index contributed by atoms with van der Waals surface area (Å²) in [6.45, 7) is 2.17. The number of rotatable bonds is 1. The molecule has 18 heavy (non-hydrogen) atoms. The van der Waals surface area contributed by atoms with Crippen LogP contribution in [0.3, 0.4) is 0 Å². The molecule has 1 aromatic carbocycles. The van der Waals surface area contributed by atoms with Gasteiger partial charge in [0.15, 0.2) is 0 Å². The van der Waals surface area contributed by atoms with Gasteiger partial charge in [-0.05, 0) is 23.9 Å². The molecule has 1 aromatic heterocycles. The zero-order valence-corrected chi connectivity index (χ0v) is 10.2. The number of nitrogens with zero attached hydrogens (tertiary/aromatic N) is 2. The summed E-state index contributed by atoms with van der Waals surface area (Å²) >= 11 is 0. The molecular weight excluding hydrogens is 234 g/mol. The van der Waals surface area contributed by atoms with Crippen molar-refractivity contribution < 1.29 is 8.78 Å². The number of alkyl halides is 2. The first kappa shape index (κ1) is 11.4. The minimum Gasteiger partial charge on any atom is -0.350 e. The van der Waals surface area contributed by atoms with Crippen molar-refractivity contribution in [3.63, 3.8) is 0 Å². The molecule has 0 unspecified atom stereocenters. The largest absolute Gasteiger partial charge is 0.350 e. The molecule has 4 heteroatoms. The van der Waals surface area contributed by atoms with Gasteiger partial charge in [0.1, 0.15) is 5.82 Å². The minimum atomic E-state index is -2.58. The lowest BCUT2D eigenvalue weighted by atomic mass is 10.1. The number of benzene rings is 1. The number of hydrogen-bond acceptors (Lipinski definition) is 2. The predicted octanol–water partition coefficient (Wildman–Crippen LogP) is 3.39. The Hall–Kier alpha value is -1.71. The predicted molar refractivity (Wildman–Crippen MR) is 68.3 cm³/mol. The molecule has 2 nitrogen and oxygen atoms in total. The smallest absolute Gasteiger partial charge is 0.266 e. The first-order chi connectivity index (χ1) is 8.55. The normalized spacial score (nSPS) is 18.5. The van der Waals surface area contributed by atoms with Crippen LogP contribution in [-0.4, -0.2) is 24.0 Å². The molecule has 2 aromatic rings. The van der Waals surface area contributed by atoms with E-state index in [4.69, 9.17) is 0 Å². The van der Waals surface area contributed by atoms with Crippen LogP contribution in [0, 0.1) is 6.92 Å². The van der Waals surface area contributed by atoms with E-state index in [-0.39, 0.29) is 13.0 Å². The summed E-state index contributed by atoms with van der Waals surface area (Å²) < 4.78 is 26.4. The Morgan fingerprint density at radius 2 is 2.17 bits per heavy atom. The molecule has 0 amide bonds. The van der Waals surface area contributed by atoms with Crippen LogP contribution in [0.4, 0.5) is 14.6 Å². The van der Waals surface area contributed by atoms with E-state index in [1.54, 1.807) is 11.1 Å². The molecule has 0 bridgehead atoms. The van der Waals surface area contributed by atoms with Gasteiger partial charge in [-0.3, -0.25) is 0 Å². The highest BCUT2D eigenvalue weighted by Crippen LogP contribution is 2.31. The molecule has 1 fully saturated rings. The Kier molecular flexibility index (Phi) is 2.47. The van der Waals surface area contributed by atoms with Crippen LogP contribution in [0.2, 0.25) is 0 Å². The van der Waals surface area contributed by atoms with Crippen molar-refractivity contribution in [1.29, 1.82) is 0 Å². The lowest BCUT2D eigenvalue weighted by Crippen LogP contribution is -2.25. The highest BCUT2D eigenvalue weighted by atomic mass is 19.3. The third kappa shape index (κ3) is 1.92. The van der Waals surface area contributed by atoms with Gasteiger partial charge >= 0.3 is 0 Å². The monoisotopic (exact) mass is 248 g/mol. The van der Waals surface area contributed by atoms with Crippen LogP contribution in [0.25, 0.3) is 10.8 Å². The van der Waals surface area contributed by atoms with E-state index >= 15 is 0 Å². The van der Waals surface area contributed by atoms with Crippen molar-refractivity contribution >= 4 is 16.6 Å². The summed E-state index contributed by atoms with van der Waals surface area (Å²) in [5.74, 6) is -1.94. The fraction of sp³-hybridized carbons (Fsp3) is 0.357. The van der Waals surface area contributed by atoms with Crippen LogP contribution < -0.4 is 4.90 Å². The molecule has 0 radical (unpaired) electrons. The van der Waals surface area contributed by atoms with Crippen molar-refractivity contribution in [3.05, 3.63) is 36.0 Å². The molecule has 0 spiro atoms. The molecule has 0 N–H and O–H groups in total. The number of aryl methyl sites for hydroxylation is 1. The Balaban J connectivity index is 1.99. The highest BCUT2D eigenvalue weighted by molar-refractivity contribution is 5.86. The minimum absolute atomic E-state index is 0.0828. The average molecular weight is 248 g/mol. The molecule has 0 saturated carbocycles. The van der Waals surface area contributed by atoms with Gasteiger partial charge in [-0.15, -0.1) is 0 Å². The first-order valence-corrected chi connectivity index (χ1v) is 6.03.